The summed E-state index contributed by atoms with van der Waals surface area (Å²) in [4.78, 5) is 3.16. The van der Waals surface area contributed by atoms with E-state index >= 15 is 0 Å². The van der Waals surface area contributed by atoms with Crippen LogP contribution in [0.3, 0.4) is 0 Å². The van der Waals surface area contributed by atoms with Gasteiger partial charge in [-0.05, 0) is 37.6 Å². The van der Waals surface area contributed by atoms with Gasteiger partial charge in [0.2, 0.25) is 0 Å². The highest BCUT2D eigenvalue weighted by Gasteiger charge is 2.18. The zero-order chi connectivity index (χ0) is 11.1. The Labute approximate surface area is 88.5 Å². The van der Waals surface area contributed by atoms with Crippen LogP contribution in [0.4, 0.5) is 0 Å². The molecule has 0 atom stereocenters. The smallest absolute Gasteiger partial charge is 0.0991 e. The van der Waals surface area contributed by atoms with Gasteiger partial charge in [-0.2, -0.15) is 5.26 Å². The van der Waals surface area contributed by atoms with Gasteiger partial charge < -0.3 is 10.7 Å². The van der Waals surface area contributed by atoms with Gasteiger partial charge in [0.1, 0.15) is 0 Å². The van der Waals surface area contributed by atoms with Crippen molar-refractivity contribution in [3.05, 3.63) is 35.5 Å². The summed E-state index contributed by atoms with van der Waals surface area (Å²) in [7, 11) is 0. The third kappa shape index (κ3) is 1.60. The van der Waals surface area contributed by atoms with E-state index in [1.165, 1.54) is 0 Å². The number of fused-ring (bicyclic) bond motifs is 1. The minimum absolute atomic E-state index is 0.396. The second-order valence-corrected chi connectivity index (χ2v) is 4.30. The Hall–Kier alpha value is -1.79. The van der Waals surface area contributed by atoms with Crippen LogP contribution in [0.5, 0.6) is 0 Å². The van der Waals surface area contributed by atoms with E-state index in [4.69, 9.17) is 11.0 Å². The number of nitrogens with zero attached hydrogens (tertiary/aromatic N) is 1. The van der Waals surface area contributed by atoms with Gasteiger partial charge in [0.25, 0.3) is 0 Å². The van der Waals surface area contributed by atoms with Gasteiger partial charge in [-0.1, -0.05) is 0 Å². The number of nitrogens with two attached hydrogens (primary N) is 1. The lowest BCUT2D eigenvalue weighted by atomic mass is 9.95. The van der Waals surface area contributed by atoms with Crippen LogP contribution < -0.4 is 5.73 Å². The Morgan fingerprint density at radius 1 is 1.40 bits per heavy atom. The summed E-state index contributed by atoms with van der Waals surface area (Å²) in [6.07, 6.45) is 1.91. The Morgan fingerprint density at radius 2 is 2.13 bits per heavy atom. The van der Waals surface area contributed by atoms with Gasteiger partial charge >= 0.3 is 0 Å². The molecule has 76 valence electrons. The lowest BCUT2D eigenvalue weighted by molar-refractivity contribution is 0.559. The lowest BCUT2D eigenvalue weighted by Gasteiger charge is -2.17. The highest BCUT2D eigenvalue weighted by molar-refractivity contribution is 5.85. The second kappa shape index (κ2) is 3.11. The summed E-state index contributed by atoms with van der Waals surface area (Å²) in [5.41, 5.74) is 8.37. The molecule has 0 amide bonds. The molecule has 1 aromatic carbocycles. The van der Waals surface area contributed by atoms with E-state index in [1.54, 1.807) is 6.07 Å². The number of benzene rings is 1. The molecule has 3 nitrogen and oxygen atoms in total. The molecule has 0 radical (unpaired) electrons. The van der Waals surface area contributed by atoms with Crippen LogP contribution in [0, 0.1) is 11.3 Å². The van der Waals surface area contributed by atoms with Crippen LogP contribution in [0.1, 0.15) is 25.0 Å². The van der Waals surface area contributed by atoms with Crippen LogP contribution in [-0.4, -0.2) is 4.98 Å². The van der Waals surface area contributed by atoms with Crippen molar-refractivity contribution >= 4 is 10.9 Å². The quantitative estimate of drug-likeness (QED) is 0.739. The van der Waals surface area contributed by atoms with E-state index in [2.05, 4.69) is 11.1 Å². The van der Waals surface area contributed by atoms with Gasteiger partial charge in [-0.25, -0.2) is 0 Å². The highest BCUT2D eigenvalue weighted by atomic mass is 14.8. The zero-order valence-corrected chi connectivity index (χ0v) is 8.83. The van der Waals surface area contributed by atoms with E-state index in [1.807, 2.05) is 32.2 Å². The van der Waals surface area contributed by atoms with Gasteiger partial charge in [0.15, 0.2) is 0 Å². The van der Waals surface area contributed by atoms with Crippen molar-refractivity contribution in [3.8, 4) is 6.07 Å². The van der Waals surface area contributed by atoms with E-state index < -0.39 is 5.54 Å². The first-order valence-corrected chi connectivity index (χ1v) is 4.83. The van der Waals surface area contributed by atoms with Gasteiger partial charge in [0.05, 0.1) is 11.6 Å². The van der Waals surface area contributed by atoms with Crippen LogP contribution in [0.15, 0.2) is 24.4 Å². The molecule has 0 bridgehead atoms. The number of aromatic nitrogens is 1. The molecular formula is C12H13N3. The van der Waals surface area contributed by atoms with Crippen molar-refractivity contribution in [2.45, 2.75) is 19.4 Å². The number of aromatic amines is 1. The number of nitriles is 1. The number of H-pyrrole nitrogens is 1. The average Bonchev–Trinajstić information content (AvgIpc) is 2.59. The summed E-state index contributed by atoms with van der Waals surface area (Å²) in [5.74, 6) is 0. The van der Waals surface area contributed by atoms with Crippen LogP contribution in [-0.2, 0) is 5.54 Å². The molecule has 15 heavy (non-hydrogen) atoms. The first kappa shape index (κ1) is 9.75. The molecule has 2 rings (SSSR count). The van der Waals surface area contributed by atoms with Gasteiger partial charge in [0, 0.05) is 22.6 Å². The molecular weight excluding hydrogens is 186 g/mol. The molecule has 1 heterocycles. The van der Waals surface area contributed by atoms with E-state index in [0.717, 1.165) is 16.5 Å². The number of rotatable bonds is 1. The van der Waals surface area contributed by atoms with E-state index in [0.29, 0.717) is 5.56 Å². The third-order valence-electron chi connectivity index (χ3n) is 2.51. The van der Waals surface area contributed by atoms with Gasteiger partial charge in [-0.15, -0.1) is 0 Å². The number of hydrogen-bond donors (Lipinski definition) is 2. The van der Waals surface area contributed by atoms with Crippen LogP contribution >= 0.6 is 0 Å². The SMILES string of the molecule is CC(C)(N)c1c[nH]c2ccc(C#N)cc12. The Morgan fingerprint density at radius 3 is 2.73 bits per heavy atom. The molecule has 0 saturated heterocycles. The van der Waals surface area contributed by atoms with Crippen molar-refractivity contribution in [2.24, 2.45) is 5.73 Å². The van der Waals surface area contributed by atoms with E-state index in [-0.39, 0.29) is 0 Å². The zero-order valence-electron chi connectivity index (χ0n) is 8.83. The predicted molar refractivity (Wildman–Crippen MR) is 60.2 cm³/mol. The standard InChI is InChI=1S/C12H13N3/c1-12(2,14)10-7-15-11-4-3-8(6-13)5-9(10)11/h3-5,7,15H,14H2,1-2H3. The average molecular weight is 199 g/mol. The fourth-order valence-electron chi connectivity index (χ4n) is 1.72. The maximum atomic E-state index is 8.84. The molecule has 0 fully saturated rings. The molecule has 0 spiro atoms. The molecule has 3 heteroatoms. The maximum Gasteiger partial charge on any atom is 0.0991 e. The van der Waals surface area contributed by atoms with Crippen LogP contribution in [0.25, 0.3) is 10.9 Å². The Kier molecular flexibility index (Phi) is 2.02. The molecule has 2 aromatic rings. The minimum atomic E-state index is -0.396. The molecule has 0 aliphatic heterocycles. The molecule has 1 aromatic heterocycles. The summed E-state index contributed by atoms with van der Waals surface area (Å²) in [6, 6.07) is 7.71. The van der Waals surface area contributed by atoms with E-state index in [9.17, 15) is 0 Å². The topological polar surface area (TPSA) is 65.6 Å². The minimum Gasteiger partial charge on any atom is -0.361 e. The van der Waals surface area contributed by atoms with Gasteiger partial charge in [-0.3, -0.25) is 0 Å². The van der Waals surface area contributed by atoms with Crippen molar-refractivity contribution < 1.29 is 0 Å². The lowest BCUT2D eigenvalue weighted by Crippen LogP contribution is -2.28. The molecule has 0 unspecified atom stereocenters. The van der Waals surface area contributed by atoms with Crippen LogP contribution in [0.2, 0.25) is 0 Å². The Balaban J connectivity index is 2.73. The molecule has 0 saturated carbocycles. The van der Waals surface area contributed by atoms with Crippen molar-refractivity contribution in [2.75, 3.05) is 0 Å². The largest absolute Gasteiger partial charge is 0.361 e. The summed E-state index contributed by atoms with van der Waals surface area (Å²) in [6.45, 7) is 3.91. The second-order valence-electron chi connectivity index (χ2n) is 4.30. The summed E-state index contributed by atoms with van der Waals surface area (Å²) in [5, 5.41) is 9.87. The summed E-state index contributed by atoms with van der Waals surface area (Å²) < 4.78 is 0. The molecule has 3 N–H and O–H groups in total. The fraction of sp³-hybridized carbons (Fsp3) is 0.250. The fourth-order valence-corrected chi connectivity index (χ4v) is 1.72. The summed E-state index contributed by atoms with van der Waals surface area (Å²) >= 11 is 0. The first-order valence-electron chi connectivity index (χ1n) is 4.83. The maximum absolute atomic E-state index is 8.84. The third-order valence-corrected chi connectivity index (χ3v) is 2.51. The Bertz CT molecular complexity index is 538. The molecule has 0 aliphatic rings. The van der Waals surface area contributed by atoms with Crippen molar-refractivity contribution in [1.82, 2.24) is 4.98 Å². The normalized spacial score (nSPS) is 11.6. The predicted octanol–water partition coefficient (Wildman–Crippen LogP) is 2.23. The number of nitrogens with one attached hydrogen (secondary N) is 1. The van der Waals surface area contributed by atoms with Crippen molar-refractivity contribution in [1.29, 1.82) is 5.26 Å². The number of hydrogen-bond acceptors (Lipinski definition) is 2. The highest BCUT2D eigenvalue weighted by Crippen LogP contribution is 2.27. The van der Waals surface area contributed by atoms with Crippen molar-refractivity contribution in [3.63, 3.8) is 0 Å². The monoisotopic (exact) mass is 199 g/mol. The first-order chi connectivity index (χ1) is 7.02. The molecule has 0 aliphatic carbocycles.